The van der Waals surface area contributed by atoms with E-state index in [1.54, 1.807) is 0 Å². The molecular weight excluding hydrogens is 463 g/mol. The number of amides is 1. The van der Waals surface area contributed by atoms with Gasteiger partial charge in [-0.05, 0) is 31.5 Å². The summed E-state index contributed by atoms with van der Waals surface area (Å²) in [6, 6.07) is 9.28. The van der Waals surface area contributed by atoms with Gasteiger partial charge in [0.25, 0.3) is 5.69 Å². The minimum absolute atomic E-state index is 0.0371. The molecule has 1 aliphatic rings. The highest BCUT2D eigenvalue weighted by Crippen LogP contribution is 2.34. The molecular formula is C21H22F3N3O5S. The van der Waals surface area contributed by atoms with Crippen molar-refractivity contribution in [1.82, 2.24) is 9.21 Å². The molecule has 178 valence electrons. The summed E-state index contributed by atoms with van der Waals surface area (Å²) in [5.41, 5.74) is -2.27. The number of nitro benzene ring substituents is 1. The number of nitrogens with zero attached hydrogens (tertiary/aromatic N) is 3. The summed E-state index contributed by atoms with van der Waals surface area (Å²) in [5, 5.41) is 11.0. The Balaban J connectivity index is 1.74. The predicted molar refractivity (Wildman–Crippen MR) is 113 cm³/mol. The second kappa shape index (κ2) is 8.75. The Hall–Kier alpha value is -2.99. The molecule has 0 aliphatic carbocycles. The number of sulfonamides is 1. The van der Waals surface area contributed by atoms with Gasteiger partial charge in [0.15, 0.2) is 0 Å². The molecule has 1 saturated heterocycles. The summed E-state index contributed by atoms with van der Waals surface area (Å²) < 4.78 is 66.1. The van der Waals surface area contributed by atoms with Crippen LogP contribution in [0.1, 0.15) is 25.0 Å². The topological polar surface area (TPSA) is 101 Å². The second-order valence-corrected chi connectivity index (χ2v) is 10.1. The van der Waals surface area contributed by atoms with Crippen LogP contribution < -0.4 is 0 Å². The predicted octanol–water partition coefficient (Wildman–Crippen LogP) is 3.42. The van der Waals surface area contributed by atoms with Crippen molar-refractivity contribution >= 4 is 21.6 Å². The van der Waals surface area contributed by atoms with E-state index >= 15 is 0 Å². The molecule has 0 bridgehead atoms. The molecule has 0 N–H and O–H groups in total. The lowest BCUT2D eigenvalue weighted by Gasteiger charge is -2.38. The maximum Gasteiger partial charge on any atom is 0.416 e. The smallest absolute Gasteiger partial charge is 0.339 e. The van der Waals surface area contributed by atoms with Gasteiger partial charge in [-0.25, -0.2) is 8.42 Å². The molecule has 0 unspecified atom stereocenters. The molecule has 2 aromatic carbocycles. The van der Waals surface area contributed by atoms with Crippen LogP contribution in [-0.4, -0.2) is 54.6 Å². The lowest BCUT2D eigenvalue weighted by molar-refractivity contribution is -0.385. The van der Waals surface area contributed by atoms with Crippen LogP contribution in [0, 0.1) is 10.1 Å². The Morgan fingerprint density at radius 1 is 0.970 bits per heavy atom. The minimum Gasteiger partial charge on any atom is -0.339 e. The number of rotatable bonds is 5. The molecule has 0 saturated carbocycles. The second-order valence-electron chi connectivity index (χ2n) is 8.15. The molecule has 1 amide bonds. The molecule has 12 heteroatoms. The number of non-ortho nitro benzene ring substituents is 1. The van der Waals surface area contributed by atoms with Crippen molar-refractivity contribution in [2.24, 2.45) is 0 Å². The van der Waals surface area contributed by atoms with Crippen LogP contribution in [0.15, 0.2) is 53.4 Å². The first-order valence-corrected chi connectivity index (χ1v) is 11.4. The molecule has 2 aromatic rings. The highest BCUT2D eigenvalue weighted by atomic mass is 32.2. The van der Waals surface area contributed by atoms with E-state index in [2.05, 4.69) is 0 Å². The number of halogens is 3. The number of hydrogen-bond donors (Lipinski definition) is 0. The summed E-state index contributed by atoms with van der Waals surface area (Å²) in [5.74, 6) is -0.422. The Morgan fingerprint density at radius 2 is 1.55 bits per heavy atom. The molecule has 1 aliphatic heterocycles. The Morgan fingerprint density at radius 3 is 2.12 bits per heavy atom. The largest absolute Gasteiger partial charge is 0.416 e. The van der Waals surface area contributed by atoms with Crippen molar-refractivity contribution in [3.8, 4) is 0 Å². The molecule has 0 aromatic heterocycles. The zero-order valence-corrected chi connectivity index (χ0v) is 18.7. The van der Waals surface area contributed by atoms with Gasteiger partial charge in [0.05, 0.1) is 20.8 Å². The highest BCUT2D eigenvalue weighted by Gasteiger charge is 2.39. The SMILES string of the molecule is CC(C)(C(=O)N1CCN(S(=O)(=O)c2cccc([N+](=O)[O-])c2)CC1)c1cccc(C(F)(F)F)c1. The van der Waals surface area contributed by atoms with Crippen LogP contribution in [0.25, 0.3) is 0 Å². The third-order valence-corrected chi connectivity index (χ3v) is 7.53. The van der Waals surface area contributed by atoms with E-state index in [0.29, 0.717) is 0 Å². The van der Waals surface area contributed by atoms with Crippen LogP contribution in [-0.2, 0) is 26.4 Å². The average molecular weight is 485 g/mol. The van der Waals surface area contributed by atoms with Crippen LogP contribution in [0.2, 0.25) is 0 Å². The Kier molecular flexibility index (Phi) is 6.53. The molecule has 3 rings (SSSR count). The summed E-state index contributed by atoms with van der Waals surface area (Å²) in [7, 11) is -4.01. The van der Waals surface area contributed by atoms with E-state index in [-0.39, 0.29) is 42.3 Å². The summed E-state index contributed by atoms with van der Waals surface area (Å²) >= 11 is 0. The van der Waals surface area contributed by atoms with Gasteiger partial charge in [-0.2, -0.15) is 17.5 Å². The van der Waals surface area contributed by atoms with Crippen LogP contribution >= 0.6 is 0 Å². The maximum atomic E-state index is 13.1. The van der Waals surface area contributed by atoms with E-state index in [1.807, 2.05) is 0 Å². The third-order valence-electron chi connectivity index (χ3n) is 5.64. The first-order chi connectivity index (χ1) is 15.2. The Bertz CT molecular complexity index is 1170. The van der Waals surface area contributed by atoms with Gasteiger partial charge < -0.3 is 4.90 Å². The van der Waals surface area contributed by atoms with Gasteiger partial charge >= 0.3 is 6.18 Å². The normalized spacial score (nSPS) is 16.0. The summed E-state index contributed by atoms with van der Waals surface area (Å²) in [4.78, 5) is 24.6. The van der Waals surface area contributed by atoms with Gasteiger partial charge in [-0.3, -0.25) is 14.9 Å². The van der Waals surface area contributed by atoms with Gasteiger partial charge in [0.2, 0.25) is 15.9 Å². The van der Waals surface area contributed by atoms with Gasteiger partial charge in [-0.15, -0.1) is 0 Å². The quantitative estimate of drug-likeness (QED) is 0.477. The minimum atomic E-state index is -4.54. The number of piperazine rings is 1. The average Bonchev–Trinajstić information content (AvgIpc) is 2.78. The number of carbonyl (C=O) groups is 1. The van der Waals surface area contributed by atoms with Crippen LogP contribution in [0.5, 0.6) is 0 Å². The van der Waals surface area contributed by atoms with Gasteiger partial charge in [0.1, 0.15) is 0 Å². The molecule has 0 radical (unpaired) electrons. The standard InChI is InChI=1S/C21H22F3N3O5S/c1-20(2,15-5-3-6-16(13-15)21(22,23)24)19(28)25-9-11-26(12-10-25)33(31,32)18-8-4-7-17(14-18)27(29)30/h3-8,13-14H,9-12H2,1-2H3. The van der Waals surface area contributed by atoms with E-state index in [1.165, 1.54) is 49.1 Å². The molecule has 0 atom stereocenters. The zero-order valence-electron chi connectivity index (χ0n) is 17.9. The monoisotopic (exact) mass is 485 g/mol. The van der Waals surface area contributed by atoms with Crippen LogP contribution in [0.3, 0.4) is 0 Å². The van der Waals surface area contributed by atoms with Crippen molar-refractivity contribution in [1.29, 1.82) is 0 Å². The fourth-order valence-corrected chi connectivity index (χ4v) is 5.10. The number of nitro groups is 1. The van der Waals surface area contributed by atoms with E-state index in [0.717, 1.165) is 22.5 Å². The lowest BCUT2D eigenvalue weighted by Crippen LogP contribution is -2.54. The number of carbonyl (C=O) groups excluding carboxylic acids is 1. The lowest BCUT2D eigenvalue weighted by atomic mass is 9.82. The molecule has 8 nitrogen and oxygen atoms in total. The first-order valence-electron chi connectivity index (χ1n) is 9.96. The summed E-state index contributed by atoms with van der Waals surface area (Å²) in [6.45, 7) is 3.03. The van der Waals surface area contributed by atoms with E-state index < -0.39 is 38.0 Å². The molecule has 1 heterocycles. The molecule has 1 fully saturated rings. The number of alkyl halides is 3. The molecule has 33 heavy (non-hydrogen) atoms. The van der Waals surface area contributed by atoms with Gasteiger partial charge in [-0.1, -0.05) is 24.3 Å². The maximum absolute atomic E-state index is 13.1. The van der Waals surface area contributed by atoms with Crippen LogP contribution in [0.4, 0.5) is 18.9 Å². The number of hydrogen-bond acceptors (Lipinski definition) is 5. The zero-order chi connectivity index (χ0) is 24.6. The Labute approximate surface area is 188 Å². The fraction of sp³-hybridized carbons (Fsp3) is 0.381. The first kappa shape index (κ1) is 24.6. The molecule has 0 spiro atoms. The van der Waals surface area contributed by atoms with Crippen molar-refractivity contribution < 1.29 is 31.3 Å². The summed E-state index contributed by atoms with van der Waals surface area (Å²) in [6.07, 6.45) is -4.54. The number of benzene rings is 2. The van der Waals surface area contributed by atoms with Crippen molar-refractivity contribution in [2.75, 3.05) is 26.2 Å². The third kappa shape index (κ3) is 5.01. The highest BCUT2D eigenvalue weighted by molar-refractivity contribution is 7.89. The fourth-order valence-electron chi connectivity index (χ4n) is 3.64. The van der Waals surface area contributed by atoms with Crippen molar-refractivity contribution in [3.63, 3.8) is 0 Å². The van der Waals surface area contributed by atoms with E-state index in [4.69, 9.17) is 0 Å². The van der Waals surface area contributed by atoms with Gasteiger partial charge in [0, 0.05) is 38.3 Å². The van der Waals surface area contributed by atoms with Crippen molar-refractivity contribution in [3.05, 3.63) is 69.8 Å². The van der Waals surface area contributed by atoms with Crippen molar-refractivity contribution in [2.45, 2.75) is 30.3 Å². The van der Waals surface area contributed by atoms with E-state index in [9.17, 15) is 36.5 Å².